The molecule has 25 heavy (non-hydrogen) atoms. The van der Waals surface area contributed by atoms with Gasteiger partial charge in [0, 0.05) is 10.9 Å². The first-order valence-electron chi connectivity index (χ1n) is 7.06. The van der Waals surface area contributed by atoms with E-state index in [1.807, 2.05) is 0 Å². The predicted octanol–water partition coefficient (Wildman–Crippen LogP) is 4.78. The van der Waals surface area contributed by atoms with Crippen LogP contribution in [0.4, 0.5) is 26.3 Å². The van der Waals surface area contributed by atoms with Crippen molar-refractivity contribution in [3.8, 4) is 11.5 Å². The molecular weight excluding hydrogens is 350 g/mol. The second-order valence-corrected chi connectivity index (χ2v) is 5.74. The van der Waals surface area contributed by atoms with Crippen LogP contribution in [-0.2, 0) is 5.60 Å². The van der Waals surface area contributed by atoms with Gasteiger partial charge in [-0.2, -0.15) is 26.3 Å². The van der Waals surface area contributed by atoms with Gasteiger partial charge in [-0.3, -0.25) is 0 Å². The quantitative estimate of drug-likeness (QED) is 0.428. The van der Waals surface area contributed by atoms with E-state index >= 15 is 0 Å². The molecule has 3 aromatic rings. The van der Waals surface area contributed by atoms with Crippen LogP contribution in [0.5, 0.6) is 11.5 Å². The van der Waals surface area contributed by atoms with Crippen molar-refractivity contribution in [2.24, 2.45) is 0 Å². The summed E-state index contributed by atoms with van der Waals surface area (Å²) in [7, 11) is 0. The fourth-order valence-electron chi connectivity index (χ4n) is 3.38. The fourth-order valence-corrected chi connectivity index (χ4v) is 3.38. The number of ether oxygens (including phenoxy) is 1. The van der Waals surface area contributed by atoms with Gasteiger partial charge < -0.3 is 9.84 Å². The molecule has 0 saturated carbocycles. The van der Waals surface area contributed by atoms with Gasteiger partial charge in [0.2, 0.25) is 0 Å². The lowest BCUT2D eigenvalue weighted by Crippen LogP contribution is -2.56. The van der Waals surface area contributed by atoms with Gasteiger partial charge >= 0.3 is 18.0 Å². The maximum atomic E-state index is 13.7. The third-order valence-corrected chi connectivity index (χ3v) is 4.34. The SMILES string of the molecule is [O-]c1cccc2cc3cccc4c3c(c12)C(C(F)(F)F)(C(F)(F)F)O4. The smallest absolute Gasteiger partial charge is 0.442 e. The number of benzene rings is 3. The zero-order valence-corrected chi connectivity index (χ0v) is 12.1. The predicted molar refractivity (Wildman–Crippen MR) is 75.3 cm³/mol. The molecule has 3 aromatic carbocycles. The van der Waals surface area contributed by atoms with E-state index in [1.54, 1.807) is 0 Å². The minimum absolute atomic E-state index is 0.00414. The van der Waals surface area contributed by atoms with Crippen LogP contribution >= 0.6 is 0 Å². The van der Waals surface area contributed by atoms with Gasteiger partial charge in [0.15, 0.2) is 0 Å². The summed E-state index contributed by atoms with van der Waals surface area (Å²) >= 11 is 0. The molecule has 130 valence electrons. The number of rotatable bonds is 0. The topological polar surface area (TPSA) is 32.3 Å². The van der Waals surface area contributed by atoms with Gasteiger partial charge in [0.25, 0.3) is 0 Å². The molecule has 1 heterocycles. The third kappa shape index (κ3) is 1.82. The summed E-state index contributed by atoms with van der Waals surface area (Å²) in [6.45, 7) is 0. The molecule has 0 amide bonds. The normalized spacial score (nSPS) is 16.4. The molecule has 0 saturated heterocycles. The van der Waals surface area contributed by atoms with E-state index in [1.165, 1.54) is 30.3 Å². The zero-order valence-electron chi connectivity index (χ0n) is 12.1. The molecule has 8 heteroatoms. The molecular formula is C17H7F6O2-. The molecule has 1 aliphatic rings. The summed E-state index contributed by atoms with van der Waals surface area (Å²) in [5.41, 5.74) is -5.76. The summed E-state index contributed by atoms with van der Waals surface area (Å²) in [6.07, 6.45) is -11.6. The Hall–Kier alpha value is -2.64. The lowest BCUT2D eigenvalue weighted by Gasteiger charge is -2.35. The van der Waals surface area contributed by atoms with E-state index in [0.717, 1.165) is 12.1 Å². The highest BCUT2D eigenvalue weighted by Gasteiger charge is 2.77. The summed E-state index contributed by atoms with van der Waals surface area (Å²) in [4.78, 5) is 0. The Morgan fingerprint density at radius 2 is 1.36 bits per heavy atom. The minimum atomic E-state index is -5.81. The molecule has 0 aliphatic carbocycles. The third-order valence-electron chi connectivity index (χ3n) is 4.34. The van der Waals surface area contributed by atoms with Crippen LogP contribution in [-0.4, -0.2) is 12.4 Å². The number of fused-ring (bicyclic) bond motifs is 2. The zero-order chi connectivity index (χ0) is 18.2. The van der Waals surface area contributed by atoms with Gasteiger partial charge in [-0.1, -0.05) is 30.3 Å². The summed E-state index contributed by atoms with van der Waals surface area (Å²) in [6, 6.07) is 8.61. The average Bonchev–Trinajstić information content (AvgIpc) is 2.85. The fraction of sp³-hybridized carbons (Fsp3) is 0.176. The molecule has 4 rings (SSSR count). The van der Waals surface area contributed by atoms with Crippen molar-refractivity contribution < 1.29 is 36.2 Å². The summed E-state index contributed by atoms with van der Waals surface area (Å²) < 4.78 is 86.8. The molecule has 0 fully saturated rings. The van der Waals surface area contributed by atoms with Crippen LogP contribution in [0.25, 0.3) is 21.5 Å². The maximum Gasteiger partial charge on any atom is 0.442 e. The first-order chi connectivity index (χ1) is 11.6. The van der Waals surface area contributed by atoms with Crippen LogP contribution in [0.2, 0.25) is 0 Å². The average molecular weight is 357 g/mol. The Morgan fingerprint density at radius 3 is 1.96 bits per heavy atom. The van der Waals surface area contributed by atoms with E-state index in [9.17, 15) is 31.4 Å². The Kier molecular flexibility index (Phi) is 2.86. The minimum Gasteiger partial charge on any atom is -0.872 e. The molecule has 0 N–H and O–H groups in total. The van der Waals surface area contributed by atoms with Crippen molar-refractivity contribution in [3.63, 3.8) is 0 Å². The number of hydrogen-bond donors (Lipinski definition) is 0. The Bertz CT molecular complexity index is 1010. The van der Waals surface area contributed by atoms with Crippen molar-refractivity contribution in [1.82, 2.24) is 0 Å². The number of hydrogen-bond acceptors (Lipinski definition) is 2. The molecule has 1 aliphatic heterocycles. The van der Waals surface area contributed by atoms with Crippen LogP contribution < -0.4 is 9.84 Å². The van der Waals surface area contributed by atoms with Crippen molar-refractivity contribution in [1.29, 1.82) is 0 Å². The Balaban J connectivity index is 2.32. The van der Waals surface area contributed by atoms with E-state index in [-0.39, 0.29) is 16.2 Å². The van der Waals surface area contributed by atoms with Gasteiger partial charge in [-0.25, -0.2) is 0 Å². The molecule has 0 spiro atoms. The standard InChI is InChI=1S/C17H8F6O2/c18-16(19,20)15(17(21,22)23)14-12-8(3-1-5-10(12)24)7-9-4-2-6-11(25-15)13(9)14/h1-7,24H/p-1. The van der Waals surface area contributed by atoms with Crippen LogP contribution in [0, 0.1) is 0 Å². The highest BCUT2D eigenvalue weighted by molar-refractivity contribution is 6.09. The van der Waals surface area contributed by atoms with E-state index in [2.05, 4.69) is 4.74 Å². The summed E-state index contributed by atoms with van der Waals surface area (Å²) in [5.74, 6) is -1.47. The van der Waals surface area contributed by atoms with Crippen molar-refractivity contribution in [3.05, 3.63) is 48.0 Å². The Morgan fingerprint density at radius 1 is 0.800 bits per heavy atom. The molecule has 0 atom stereocenters. The molecule has 0 aromatic heterocycles. The van der Waals surface area contributed by atoms with Crippen molar-refractivity contribution in [2.75, 3.05) is 0 Å². The molecule has 2 nitrogen and oxygen atoms in total. The highest BCUT2D eigenvalue weighted by Crippen LogP contribution is 2.61. The lowest BCUT2D eigenvalue weighted by molar-refractivity contribution is -0.361. The van der Waals surface area contributed by atoms with Crippen LogP contribution in [0.3, 0.4) is 0 Å². The van der Waals surface area contributed by atoms with Gasteiger partial charge in [0.1, 0.15) is 5.75 Å². The first kappa shape index (κ1) is 15.9. The second-order valence-electron chi connectivity index (χ2n) is 5.74. The largest absolute Gasteiger partial charge is 0.872 e. The summed E-state index contributed by atoms with van der Waals surface area (Å²) in [5, 5.41) is 11.3. The van der Waals surface area contributed by atoms with Gasteiger partial charge in [0.05, 0.1) is 0 Å². The van der Waals surface area contributed by atoms with E-state index in [0.29, 0.717) is 0 Å². The van der Waals surface area contributed by atoms with Gasteiger partial charge in [-0.05, 0) is 28.3 Å². The van der Waals surface area contributed by atoms with Crippen molar-refractivity contribution >= 4 is 21.5 Å². The second kappa shape index (κ2) is 4.50. The number of halogens is 6. The van der Waals surface area contributed by atoms with E-state index in [4.69, 9.17) is 0 Å². The molecule has 0 bridgehead atoms. The van der Waals surface area contributed by atoms with Crippen LogP contribution in [0.15, 0.2) is 42.5 Å². The first-order valence-corrected chi connectivity index (χ1v) is 7.06. The molecule has 0 unspecified atom stereocenters. The maximum absolute atomic E-state index is 13.7. The van der Waals surface area contributed by atoms with Crippen LogP contribution in [0.1, 0.15) is 5.56 Å². The monoisotopic (exact) mass is 357 g/mol. The lowest BCUT2D eigenvalue weighted by atomic mass is 9.85. The van der Waals surface area contributed by atoms with E-state index < -0.39 is 40.4 Å². The van der Waals surface area contributed by atoms with Gasteiger partial charge in [-0.15, -0.1) is 5.75 Å². The number of alkyl halides is 6. The highest BCUT2D eigenvalue weighted by atomic mass is 19.4. The molecule has 0 radical (unpaired) electrons. The Labute approximate surface area is 136 Å². The van der Waals surface area contributed by atoms with Crippen molar-refractivity contribution in [2.45, 2.75) is 18.0 Å².